The van der Waals surface area contributed by atoms with Crippen molar-refractivity contribution in [3.05, 3.63) is 29.8 Å². The SMILES string of the molecule is CC(CN)S(=O)(=O)c1ccc(C(C)(C)C)cc1. The molecule has 0 aliphatic heterocycles. The molecule has 96 valence electrons. The van der Waals surface area contributed by atoms with E-state index in [9.17, 15) is 8.42 Å². The van der Waals surface area contributed by atoms with Crippen LogP contribution in [0.15, 0.2) is 29.2 Å². The van der Waals surface area contributed by atoms with Crippen LogP contribution in [0, 0.1) is 0 Å². The number of hydrogen-bond acceptors (Lipinski definition) is 3. The highest BCUT2D eigenvalue weighted by molar-refractivity contribution is 7.92. The van der Waals surface area contributed by atoms with Gasteiger partial charge in [-0.1, -0.05) is 32.9 Å². The molecule has 0 fully saturated rings. The molecule has 2 N–H and O–H groups in total. The first-order valence-electron chi connectivity index (χ1n) is 5.74. The molecule has 3 nitrogen and oxygen atoms in total. The molecule has 1 aromatic carbocycles. The van der Waals surface area contributed by atoms with E-state index in [-0.39, 0.29) is 12.0 Å². The van der Waals surface area contributed by atoms with Crippen LogP contribution >= 0.6 is 0 Å². The smallest absolute Gasteiger partial charge is 0.182 e. The zero-order chi connectivity index (χ0) is 13.3. The van der Waals surface area contributed by atoms with E-state index in [1.54, 1.807) is 19.1 Å². The van der Waals surface area contributed by atoms with Crippen molar-refractivity contribution in [1.82, 2.24) is 0 Å². The largest absolute Gasteiger partial charge is 0.329 e. The zero-order valence-electron chi connectivity index (χ0n) is 10.9. The second-order valence-corrected chi connectivity index (χ2v) is 7.73. The summed E-state index contributed by atoms with van der Waals surface area (Å²) in [7, 11) is -3.28. The van der Waals surface area contributed by atoms with Gasteiger partial charge in [0.25, 0.3) is 0 Å². The molecule has 0 heterocycles. The molecular weight excluding hydrogens is 234 g/mol. The molecule has 1 unspecified atom stereocenters. The number of nitrogens with two attached hydrogens (primary N) is 1. The maximum atomic E-state index is 12.0. The van der Waals surface area contributed by atoms with Gasteiger partial charge in [-0.05, 0) is 30.0 Å². The summed E-state index contributed by atoms with van der Waals surface area (Å²) in [6, 6.07) is 7.08. The summed E-state index contributed by atoms with van der Waals surface area (Å²) in [5.74, 6) is 0. The fourth-order valence-electron chi connectivity index (χ4n) is 1.50. The van der Waals surface area contributed by atoms with Gasteiger partial charge < -0.3 is 5.73 Å². The highest BCUT2D eigenvalue weighted by Gasteiger charge is 2.22. The van der Waals surface area contributed by atoms with Gasteiger partial charge in [0.15, 0.2) is 9.84 Å². The first-order chi connectivity index (χ1) is 7.69. The quantitative estimate of drug-likeness (QED) is 0.900. The standard InChI is InChI=1S/C13H21NO2S/c1-10(9-14)17(15,16)12-7-5-11(6-8-12)13(2,3)4/h5-8,10H,9,14H2,1-4H3. The monoisotopic (exact) mass is 255 g/mol. The predicted octanol–water partition coefficient (Wildman–Crippen LogP) is 2.11. The van der Waals surface area contributed by atoms with Gasteiger partial charge in [0.05, 0.1) is 10.1 Å². The third-order valence-corrected chi connectivity index (χ3v) is 5.09. The average Bonchev–Trinajstić information content (AvgIpc) is 2.27. The average molecular weight is 255 g/mol. The van der Waals surface area contributed by atoms with Crippen molar-refractivity contribution in [2.24, 2.45) is 5.73 Å². The van der Waals surface area contributed by atoms with Gasteiger partial charge in [-0.2, -0.15) is 0 Å². The highest BCUT2D eigenvalue weighted by atomic mass is 32.2. The molecular formula is C13H21NO2S. The number of sulfone groups is 1. The second kappa shape index (κ2) is 4.78. The van der Waals surface area contributed by atoms with Crippen LogP contribution in [0.3, 0.4) is 0 Å². The van der Waals surface area contributed by atoms with Crippen molar-refractivity contribution in [3.8, 4) is 0 Å². The Labute approximate surface area is 104 Å². The highest BCUT2D eigenvalue weighted by Crippen LogP contribution is 2.24. The zero-order valence-corrected chi connectivity index (χ0v) is 11.7. The van der Waals surface area contributed by atoms with E-state index in [0.717, 1.165) is 5.56 Å². The first-order valence-corrected chi connectivity index (χ1v) is 7.28. The molecule has 0 aliphatic carbocycles. The molecule has 1 rings (SSSR count). The summed E-state index contributed by atoms with van der Waals surface area (Å²) in [5.41, 5.74) is 6.57. The van der Waals surface area contributed by atoms with E-state index in [1.165, 1.54) is 0 Å². The maximum Gasteiger partial charge on any atom is 0.182 e. The number of benzene rings is 1. The second-order valence-electron chi connectivity index (χ2n) is 5.37. The maximum absolute atomic E-state index is 12.0. The van der Waals surface area contributed by atoms with Crippen LogP contribution in [-0.4, -0.2) is 20.2 Å². The lowest BCUT2D eigenvalue weighted by molar-refractivity contribution is 0.580. The number of rotatable bonds is 3. The van der Waals surface area contributed by atoms with Gasteiger partial charge in [0.1, 0.15) is 0 Å². The Morgan fingerprint density at radius 3 is 2.00 bits per heavy atom. The molecule has 0 aromatic heterocycles. The molecule has 0 saturated carbocycles. The van der Waals surface area contributed by atoms with E-state index < -0.39 is 15.1 Å². The molecule has 0 bridgehead atoms. The third kappa shape index (κ3) is 3.07. The molecule has 1 aromatic rings. The Morgan fingerprint density at radius 2 is 1.65 bits per heavy atom. The summed E-state index contributed by atoms with van der Waals surface area (Å²) >= 11 is 0. The fourth-order valence-corrected chi connectivity index (χ4v) is 2.74. The van der Waals surface area contributed by atoms with Gasteiger partial charge >= 0.3 is 0 Å². The van der Waals surface area contributed by atoms with E-state index in [0.29, 0.717) is 4.90 Å². The third-order valence-electron chi connectivity index (χ3n) is 2.91. The summed E-state index contributed by atoms with van der Waals surface area (Å²) < 4.78 is 24.1. The summed E-state index contributed by atoms with van der Waals surface area (Å²) in [5, 5.41) is -0.539. The van der Waals surface area contributed by atoms with Crippen LogP contribution in [0.1, 0.15) is 33.3 Å². The molecule has 0 spiro atoms. The fraction of sp³-hybridized carbons (Fsp3) is 0.538. The lowest BCUT2D eigenvalue weighted by atomic mass is 9.87. The molecule has 0 aliphatic rings. The van der Waals surface area contributed by atoms with Gasteiger partial charge in [-0.15, -0.1) is 0 Å². The van der Waals surface area contributed by atoms with Crippen molar-refractivity contribution in [2.45, 2.75) is 43.3 Å². The van der Waals surface area contributed by atoms with E-state index in [2.05, 4.69) is 20.8 Å². The van der Waals surface area contributed by atoms with Gasteiger partial charge in [0, 0.05) is 6.54 Å². The normalized spacial score (nSPS) is 14.6. The van der Waals surface area contributed by atoms with Gasteiger partial charge in [0.2, 0.25) is 0 Å². The molecule has 1 atom stereocenters. The Kier molecular flexibility index (Phi) is 3.99. The molecule has 17 heavy (non-hydrogen) atoms. The molecule has 4 heteroatoms. The molecule has 0 radical (unpaired) electrons. The van der Waals surface area contributed by atoms with Crippen LogP contribution in [0.4, 0.5) is 0 Å². The molecule has 0 saturated heterocycles. The Morgan fingerprint density at radius 1 is 1.18 bits per heavy atom. The van der Waals surface area contributed by atoms with Gasteiger partial charge in [-0.25, -0.2) is 8.42 Å². The van der Waals surface area contributed by atoms with Crippen LogP contribution in [0.2, 0.25) is 0 Å². The first kappa shape index (κ1) is 14.2. The van der Waals surface area contributed by atoms with Crippen molar-refractivity contribution < 1.29 is 8.42 Å². The Balaban J connectivity index is 3.12. The molecule has 0 amide bonds. The van der Waals surface area contributed by atoms with Crippen molar-refractivity contribution in [3.63, 3.8) is 0 Å². The number of hydrogen-bond donors (Lipinski definition) is 1. The summed E-state index contributed by atoms with van der Waals surface area (Å²) in [6.45, 7) is 8.06. The van der Waals surface area contributed by atoms with Crippen molar-refractivity contribution in [1.29, 1.82) is 0 Å². The van der Waals surface area contributed by atoms with Crippen molar-refractivity contribution in [2.75, 3.05) is 6.54 Å². The minimum Gasteiger partial charge on any atom is -0.329 e. The summed E-state index contributed by atoms with van der Waals surface area (Å²) in [4.78, 5) is 0.350. The minimum absolute atomic E-state index is 0.0295. The lowest BCUT2D eigenvalue weighted by Crippen LogP contribution is -2.26. The van der Waals surface area contributed by atoms with E-state index in [1.807, 2.05) is 12.1 Å². The van der Waals surface area contributed by atoms with E-state index >= 15 is 0 Å². The predicted molar refractivity (Wildman–Crippen MR) is 70.8 cm³/mol. The lowest BCUT2D eigenvalue weighted by Gasteiger charge is -2.19. The minimum atomic E-state index is -3.28. The Bertz CT molecular complexity index is 469. The van der Waals surface area contributed by atoms with Crippen LogP contribution in [0.5, 0.6) is 0 Å². The van der Waals surface area contributed by atoms with Gasteiger partial charge in [-0.3, -0.25) is 0 Å². The van der Waals surface area contributed by atoms with Crippen LogP contribution in [-0.2, 0) is 15.3 Å². The topological polar surface area (TPSA) is 60.2 Å². The van der Waals surface area contributed by atoms with Crippen LogP contribution < -0.4 is 5.73 Å². The van der Waals surface area contributed by atoms with Crippen molar-refractivity contribution >= 4 is 9.84 Å². The Hall–Kier alpha value is -0.870. The van der Waals surface area contributed by atoms with E-state index in [4.69, 9.17) is 5.73 Å². The summed E-state index contributed by atoms with van der Waals surface area (Å²) in [6.07, 6.45) is 0. The van der Waals surface area contributed by atoms with Crippen LogP contribution in [0.25, 0.3) is 0 Å².